The van der Waals surface area contributed by atoms with E-state index in [0.717, 1.165) is 48.0 Å². The third-order valence-corrected chi connectivity index (χ3v) is 7.08. The fourth-order valence-corrected chi connectivity index (χ4v) is 5.76. The standard InChI is InChI=1S/C21H19F3N2O2S/c22-21(23,24)13-10-15(12-6-2-1-3-7-12)20(29(25,27)28)16(11-13)19-18-14-8-4-5-9-17(14)26(18)19/h4-5,8-12H,1-3,6-7H2,(H2,25,27,28). The Bertz CT molecular complexity index is 1210. The molecule has 0 saturated heterocycles. The number of primary sulfonamides is 1. The van der Waals surface area contributed by atoms with Gasteiger partial charge in [0.15, 0.2) is 0 Å². The molecule has 1 aliphatic carbocycles. The largest absolute Gasteiger partial charge is 0.416 e. The number of nitrogens with two attached hydrogens (primary N) is 1. The molecule has 0 spiro atoms. The number of hydrogen-bond donors (Lipinski definition) is 1. The molecule has 2 heterocycles. The maximum absolute atomic E-state index is 13.7. The molecular formula is C21H19F3N2O2S. The number of benzene rings is 2. The van der Waals surface area contributed by atoms with E-state index in [9.17, 15) is 21.6 Å². The molecule has 0 bridgehead atoms. The first-order chi connectivity index (χ1) is 13.7. The number of sulfonamides is 1. The summed E-state index contributed by atoms with van der Waals surface area (Å²) >= 11 is 0. The SMILES string of the molecule is NS(=O)(=O)c1c(-c2c3c4ccccc4n2-3)cc(C(F)(F)F)cc1C1CCCCC1. The number of fused-ring (bicyclic) bond motifs is 4. The van der Waals surface area contributed by atoms with Gasteiger partial charge in [-0.1, -0.05) is 37.5 Å². The Kier molecular flexibility index (Phi) is 3.93. The Labute approximate surface area is 166 Å². The van der Waals surface area contributed by atoms with Gasteiger partial charge in [-0.2, -0.15) is 13.2 Å². The van der Waals surface area contributed by atoms with Crippen LogP contribution in [-0.4, -0.2) is 13.0 Å². The van der Waals surface area contributed by atoms with Crippen molar-refractivity contribution in [2.45, 2.75) is 49.1 Å². The Morgan fingerprint density at radius 2 is 1.72 bits per heavy atom. The van der Waals surface area contributed by atoms with Gasteiger partial charge < -0.3 is 4.57 Å². The highest BCUT2D eigenvalue weighted by Gasteiger charge is 2.41. The molecule has 0 unspecified atom stereocenters. The summed E-state index contributed by atoms with van der Waals surface area (Å²) in [5.74, 6) is -0.238. The molecule has 0 atom stereocenters. The number of para-hydroxylation sites is 1. The van der Waals surface area contributed by atoms with Crippen LogP contribution in [0.25, 0.3) is 27.8 Å². The molecule has 152 valence electrons. The van der Waals surface area contributed by atoms with Gasteiger partial charge in [0.05, 0.1) is 27.4 Å². The van der Waals surface area contributed by atoms with E-state index >= 15 is 0 Å². The second-order valence-electron chi connectivity index (χ2n) is 7.87. The lowest BCUT2D eigenvalue weighted by Gasteiger charge is -2.25. The predicted octanol–water partition coefficient (Wildman–Crippen LogP) is 5.32. The molecule has 5 rings (SSSR count). The van der Waals surface area contributed by atoms with E-state index in [2.05, 4.69) is 0 Å². The summed E-state index contributed by atoms with van der Waals surface area (Å²) in [7, 11) is -4.22. The minimum absolute atomic E-state index is 0.0640. The van der Waals surface area contributed by atoms with Gasteiger partial charge in [-0.25, -0.2) is 13.6 Å². The first-order valence-corrected chi connectivity index (χ1v) is 11.1. The maximum atomic E-state index is 13.7. The van der Waals surface area contributed by atoms with Crippen molar-refractivity contribution < 1.29 is 21.6 Å². The minimum Gasteiger partial charge on any atom is -0.304 e. The fourth-order valence-electron chi connectivity index (χ4n) is 4.74. The van der Waals surface area contributed by atoms with Crippen molar-refractivity contribution in [3.8, 4) is 16.9 Å². The van der Waals surface area contributed by atoms with Crippen LogP contribution in [-0.2, 0) is 16.2 Å². The van der Waals surface area contributed by atoms with E-state index in [-0.39, 0.29) is 21.9 Å². The van der Waals surface area contributed by atoms with Crippen LogP contribution in [0.4, 0.5) is 13.2 Å². The molecule has 4 nitrogen and oxygen atoms in total. The zero-order valence-corrected chi connectivity index (χ0v) is 16.3. The summed E-state index contributed by atoms with van der Waals surface area (Å²) in [5.41, 5.74) is 1.60. The quantitative estimate of drug-likeness (QED) is 0.487. The smallest absolute Gasteiger partial charge is 0.304 e. The normalized spacial score (nSPS) is 17.1. The molecule has 3 aliphatic rings. The van der Waals surface area contributed by atoms with Crippen LogP contribution in [0, 0.1) is 0 Å². The van der Waals surface area contributed by atoms with Crippen molar-refractivity contribution in [1.29, 1.82) is 0 Å². The Morgan fingerprint density at radius 3 is 2.34 bits per heavy atom. The monoisotopic (exact) mass is 420 g/mol. The third-order valence-electron chi connectivity index (χ3n) is 6.05. The predicted molar refractivity (Wildman–Crippen MR) is 104 cm³/mol. The van der Waals surface area contributed by atoms with Crippen molar-refractivity contribution >= 4 is 20.9 Å². The van der Waals surface area contributed by atoms with E-state index in [1.54, 1.807) is 4.57 Å². The Balaban J connectivity index is 1.81. The highest BCUT2D eigenvalue weighted by atomic mass is 32.2. The summed E-state index contributed by atoms with van der Waals surface area (Å²) in [5, 5.41) is 6.47. The highest BCUT2D eigenvalue weighted by Crippen LogP contribution is 2.54. The fraction of sp³-hybridized carbons (Fsp3) is 0.333. The molecule has 0 amide bonds. The van der Waals surface area contributed by atoms with E-state index in [1.165, 1.54) is 0 Å². The van der Waals surface area contributed by atoms with Gasteiger partial charge in [0.1, 0.15) is 0 Å². The number of rotatable bonds is 3. The average Bonchev–Trinajstić information content (AvgIpc) is 3.33. The lowest BCUT2D eigenvalue weighted by atomic mass is 9.82. The first kappa shape index (κ1) is 18.7. The number of halogens is 3. The zero-order chi connectivity index (χ0) is 20.6. The van der Waals surface area contributed by atoms with Crippen molar-refractivity contribution in [2.24, 2.45) is 5.14 Å². The Morgan fingerprint density at radius 1 is 1.03 bits per heavy atom. The molecule has 2 N–H and O–H groups in total. The minimum atomic E-state index is -4.57. The van der Waals surface area contributed by atoms with Gasteiger partial charge in [0.2, 0.25) is 10.0 Å². The molecular weight excluding hydrogens is 401 g/mol. The molecule has 2 aromatic carbocycles. The molecule has 1 saturated carbocycles. The molecule has 0 radical (unpaired) electrons. The van der Waals surface area contributed by atoms with Crippen molar-refractivity contribution in [3.63, 3.8) is 0 Å². The van der Waals surface area contributed by atoms with Crippen molar-refractivity contribution in [2.75, 3.05) is 0 Å². The lowest BCUT2D eigenvalue weighted by Crippen LogP contribution is -2.20. The molecule has 2 aromatic rings. The van der Waals surface area contributed by atoms with Crippen LogP contribution >= 0.6 is 0 Å². The average molecular weight is 420 g/mol. The Hall–Kier alpha value is -2.32. The van der Waals surface area contributed by atoms with Crippen LogP contribution in [0.15, 0.2) is 41.3 Å². The van der Waals surface area contributed by atoms with Crippen molar-refractivity contribution in [1.82, 2.24) is 4.57 Å². The van der Waals surface area contributed by atoms with Gasteiger partial charge in [-0.3, -0.25) is 0 Å². The third kappa shape index (κ3) is 2.88. The summed E-state index contributed by atoms with van der Waals surface area (Å²) in [6.45, 7) is 0. The van der Waals surface area contributed by atoms with Crippen LogP contribution in [0.1, 0.15) is 49.1 Å². The lowest BCUT2D eigenvalue weighted by molar-refractivity contribution is -0.137. The van der Waals surface area contributed by atoms with E-state index in [1.807, 2.05) is 24.3 Å². The topological polar surface area (TPSA) is 65.1 Å². The van der Waals surface area contributed by atoms with Gasteiger partial charge in [-0.05, 0) is 42.5 Å². The van der Waals surface area contributed by atoms with E-state index in [4.69, 9.17) is 5.14 Å². The number of aromatic nitrogens is 1. The van der Waals surface area contributed by atoms with Crippen LogP contribution < -0.4 is 5.14 Å². The summed E-state index contributed by atoms with van der Waals surface area (Å²) in [6.07, 6.45) is -0.502. The number of alkyl halides is 3. The zero-order valence-electron chi connectivity index (χ0n) is 15.5. The molecule has 2 aliphatic heterocycles. The maximum Gasteiger partial charge on any atom is 0.416 e. The summed E-state index contributed by atoms with van der Waals surface area (Å²) < 4.78 is 68.0. The van der Waals surface area contributed by atoms with E-state index < -0.39 is 21.8 Å². The van der Waals surface area contributed by atoms with Crippen molar-refractivity contribution in [3.05, 3.63) is 47.5 Å². The van der Waals surface area contributed by atoms with Crippen LogP contribution in [0.3, 0.4) is 0 Å². The van der Waals surface area contributed by atoms with E-state index in [0.29, 0.717) is 18.5 Å². The highest BCUT2D eigenvalue weighted by molar-refractivity contribution is 7.89. The van der Waals surface area contributed by atoms with Gasteiger partial charge in [0.25, 0.3) is 0 Å². The first-order valence-electron chi connectivity index (χ1n) is 9.60. The van der Waals surface area contributed by atoms with Gasteiger partial charge in [-0.15, -0.1) is 0 Å². The summed E-state index contributed by atoms with van der Waals surface area (Å²) in [6, 6.07) is 9.36. The second kappa shape index (κ2) is 6.09. The molecule has 8 heteroatoms. The molecule has 1 fully saturated rings. The molecule has 29 heavy (non-hydrogen) atoms. The van der Waals surface area contributed by atoms with Crippen LogP contribution in [0.5, 0.6) is 0 Å². The van der Waals surface area contributed by atoms with Gasteiger partial charge in [0, 0.05) is 10.9 Å². The second-order valence-corrected chi connectivity index (χ2v) is 9.37. The molecule has 0 aromatic heterocycles. The summed E-state index contributed by atoms with van der Waals surface area (Å²) in [4.78, 5) is -0.153. The number of hydrogen-bond acceptors (Lipinski definition) is 2. The van der Waals surface area contributed by atoms with Gasteiger partial charge >= 0.3 is 6.18 Å². The number of nitrogens with zero attached hydrogens (tertiary/aromatic N) is 1. The van der Waals surface area contributed by atoms with Crippen LogP contribution in [0.2, 0.25) is 0 Å².